The number of carbonyl (C=O) groups is 1. The molecular weight excluding hydrogens is 216 g/mol. The highest BCUT2D eigenvalue weighted by Gasteiger charge is 2.18. The van der Waals surface area contributed by atoms with Crippen LogP contribution < -0.4 is 4.74 Å². The normalized spacial score (nSPS) is 14.8. The largest absolute Gasteiger partial charge is 0.501 e. The zero-order chi connectivity index (χ0) is 12.3. The van der Waals surface area contributed by atoms with Crippen LogP contribution in [0.15, 0.2) is 30.0 Å². The molecule has 0 unspecified atom stereocenters. The van der Waals surface area contributed by atoms with Crippen molar-refractivity contribution in [3.05, 3.63) is 41.2 Å². The van der Waals surface area contributed by atoms with Crippen LogP contribution in [0.1, 0.15) is 28.8 Å². The van der Waals surface area contributed by atoms with Gasteiger partial charge in [0.25, 0.3) is 0 Å². The first-order chi connectivity index (χ1) is 8.22. The predicted molar refractivity (Wildman–Crippen MR) is 65.3 cm³/mol. The van der Waals surface area contributed by atoms with E-state index in [4.69, 9.17) is 9.47 Å². The summed E-state index contributed by atoms with van der Waals surface area (Å²) in [6.07, 6.45) is 3.24. The summed E-state index contributed by atoms with van der Waals surface area (Å²) in [6, 6.07) is 5.60. The van der Waals surface area contributed by atoms with Crippen LogP contribution in [0.5, 0.6) is 5.75 Å². The fraction of sp³-hybridized carbons (Fsp3) is 0.357. The Balaban J connectivity index is 2.33. The van der Waals surface area contributed by atoms with E-state index in [0.717, 1.165) is 24.0 Å². The van der Waals surface area contributed by atoms with E-state index in [-0.39, 0.29) is 5.78 Å². The molecule has 1 aliphatic heterocycles. The van der Waals surface area contributed by atoms with Gasteiger partial charge in [-0.05, 0) is 37.5 Å². The lowest BCUT2D eigenvalue weighted by Crippen LogP contribution is -2.10. The van der Waals surface area contributed by atoms with Crippen LogP contribution in [-0.2, 0) is 4.74 Å². The van der Waals surface area contributed by atoms with Crippen molar-refractivity contribution in [2.75, 3.05) is 13.7 Å². The molecule has 0 radical (unpaired) electrons. The Bertz CT molecular complexity index is 461. The summed E-state index contributed by atoms with van der Waals surface area (Å²) in [5.41, 5.74) is 2.40. The second-order valence-electron chi connectivity index (χ2n) is 4.15. The Kier molecular flexibility index (Phi) is 3.47. The van der Waals surface area contributed by atoms with Crippen molar-refractivity contribution < 1.29 is 14.3 Å². The van der Waals surface area contributed by atoms with Gasteiger partial charge in [0.1, 0.15) is 5.75 Å². The summed E-state index contributed by atoms with van der Waals surface area (Å²) in [5, 5.41) is 0. The number of Topliss-reactive ketones (excluding diaryl/α,β-unsaturated/α-hetero) is 1. The fourth-order valence-corrected chi connectivity index (χ4v) is 1.89. The highest BCUT2D eigenvalue weighted by molar-refractivity contribution is 6.10. The molecule has 1 heterocycles. The molecule has 1 aromatic carbocycles. The van der Waals surface area contributed by atoms with Crippen molar-refractivity contribution >= 4 is 5.78 Å². The molecule has 0 atom stereocenters. The Labute approximate surface area is 101 Å². The maximum absolute atomic E-state index is 12.3. The molecule has 0 bridgehead atoms. The third-order valence-electron chi connectivity index (χ3n) is 2.83. The maximum Gasteiger partial charge on any atom is 0.195 e. The molecule has 1 aromatic rings. The molecule has 0 saturated carbocycles. The van der Waals surface area contributed by atoms with Crippen LogP contribution in [0.4, 0.5) is 0 Å². The number of ether oxygens (including phenoxy) is 2. The number of benzene rings is 1. The average molecular weight is 232 g/mol. The van der Waals surface area contributed by atoms with Crippen LogP contribution >= 0.6 is 0 Å². The monoisotopic (exact) mass is 232 g/mol. The number of allylic oxidation sites excluding steroid dienone is 1. The minimum absolute atomic E-state index is 0.00144. The van der Waals surface area contributed by atoms with E-state index >= 15 is 0 Å². The summed E-state index contributed by atoms with van der Waals surface area (Å²) in [7, 11) is 1.58. The predicted octanol–water partition coefficient (Wildman–Crippen LogP) is 2.88. The lowest BCUT2D eigenvalue weighted by molar-refractivity contribution is 0.101. The molecule has 0 spiro atoms. The molecule has 1 aliphatic rings. The lowest BCUT2D eigenvalue weighted by atomic mass is 9.98. The summed E-state index contributed by atoms with van der Waals surface area (Å²) < 4.78 is 10.4. The first-order valence-electron chi connectivity index (χ1n) is 5.72. The number of rotatable bonds is 3. The summed E-state index contributed by atoms with van der Waals surface area (Å²) in [4.78, 5) is 12.3. The maximum atomic E-state index is 12.3. The highest BCUT2D eigenvalue weighted by atomic mass is 16.5. The molecule has 0 fully saturated rings. The zero-order valence-electron chi connectivity index (χ0n) is 10.2. The Morgan fingerprint density at radius 1 is 1.41 bits per heavy atom. The Morgan fingerprint density at radius 3 is 2.88 bits per heavy atom. The number of methoxy groups -OCH3 is 1. The molecule has 0 aromatic heterocycles. The standard InChI is InChI=1S/C14H16O3/c1-10-5-6-12(13(8-10)16-2)14(15)11-4-3-7-17-9-11/h5-6,8-9H,3-4,7H2,1-2H3. The Hall–Kier alpha value is -1.77. The molecular formula is C14H16O3. The number of ketones is 1. The van der Waals surface area contributed by atoms with Crippen molar-refractivity contribution in [1.82, 2.24) is 0 Å². The molecule has 3 nitrogen and oxygen atoms in total. The van der Waals surface area contributed by atoms with Gasteiger partial charge in [-0.25, -0.2) is 0 Å². The molecule has 2 rings (SSSR count). The van der Waals surface area contributed by atoms with Gasteiger partial charge in [-0.2, -0.15) is 0 Å². The van der Waals surface area contributed by atoms with Crippen LogP contribution in [-0.4, -0.2) is 19.5 Å². The summed E-state index contributed by atoms with van der Waals surface area (Å²) in [5.74, 6) is 0.628. The van der Waals surface area contributed by atoms with Crippen LogP contribution in [0.3, 0.4) is 0 Å². The molecule has 90 valence electrons. The molecule has 0 amide bonds. The first-order valence-corrected chi connectivity index (χ1v) is 5.72. The van der Waals surface area contributed by atoms with Gasteiger partial charge in [-0.1, -0.05) is 6.07 Å². The minimum atomic E-state index is 0.00144. The number of carbonyl (C=O) groups excluding carboxylic acids is 1. The van der Waals surface area contributed by atoms with E-state index in [9.17, 15) is 4.79 Å². The minimum Gasteiger partial charge on any atom is -0.501 e. The quantitative estimate of drug-likeness (QED) is 0.752. The second-order valence-corrected chi connectivity index (χ2v) is 4.15. The highest BCUT2D eigenvalue weighted by Crippen LogP contribution is 2.25. The van der Waals surface area contributed by atoms with Gasteiger partial charge in [-0.15, -0.1) is 0 Å². The van der Waals surface area contributed by atoms with E-state index < -0.39 is 0 Å². The number of hydrogen-bond donors (Lipinski definition) is 0. The number of aryl methyl sites for hydroxylation is 1. The Morgan fingerprint density at radius 2 is 2.24 bits per heavy atom. The van der Waals surface area contributed by atoms with Crippen LogP contribution in [0, 0.1) is 6.92 Å². The SMILES string of the molecule is COc1cc(C)ccc1C(=O)C1=COCCC1. The topological polar surface area (TPSA) is 35.5 Å². The van der Waals surface area contributed by atoms with Gasteiger partial charge in [0, 0.05) is 5.57 Å². The van der Waals surface area contributed by atoms with Crippen molar-refractivity contribution in [2.24, 2.45) is 0 Å². The molecule has 17 heavy (non-hydrogen) atoms. The van der Waals surface area contributed by atoms with E-state index in [2.05, 4.69) is 0 Å². The molecule has 0 aliphatic carbocycles. The van der Waals surface area contributed by atoms with E-state index in [1.807, 2.05) is 25.1 Å². The third-order valence-corrected chi connectivity index (χ3v) is 2.83. The van der Waals surface area contributed by atoms with E-state index in [1.54, 1.807) is 13.4 Å². The third kappa shape index (κ3) is 2.49. The van der Waals surface area contributed by atoms with Gasteiger partial charge in [-0.3, -0.25) is 4.79 Å². The van der Waals surface area contributed by atoms with Gasteiger partial charge in [0.15, 0.2) is 5.78 Å². The van der Waals surface area contributed by atoms with Crippen LogP contribution in [0.2, 0.25) is 0 Å². The average Bonchev–Trinajstić information content (AvgIpc) is 2.39. The van der Waals surface area contributed by atoms with Gasteiger partial charge in [0.2, 0.25) is 0 Å². The van der Waals surface area contributed by atoms with Crippen molar-refractivity contribution in [2.45, 2.75) is 19.8 Å². The number of hydrogen-bond acceptors (Lipinski definition) is 3. The van der Waals surface area contributed by atoms with Crippen molar-refractivity contribution in [3.63, 3.8) is 0 Å². The first kappa shape index (κ1) is 11.7. The summed E-state index contributed by atoms with van der Waals surface area (Å²) >= 11 is 0. The second kappa shape index (κ2) is 5.04. The van der Waals surface area contributed by atoms with E-state index in [1.165, 1.54) is 0 Å². The van der Waals surface area contributed by atoms with Gasteiger partial charge >= 0.3 is 0 Å². The lowest BCUT2D eigenvalue weighted by Gasteiger charge is -2.14. The summed E-state index contributed by atoms with van der Waals surface area (Å²) in [6.45, 7) is 2.67. The molecule has 0 saturated heterocycles. The van der Waals surface area contributed by atoms with E-state index in [0.29, 0.717) is 17.9 Å². The molecule has 3 heteroatoms. The smallest absolute Gasteiger partial charge is 0.195 e. The van der Waals surface area contributed by atoms with Crippen LogP contribution in [0.25, 0.3) is 0 Å². The van der Waals surface area contributed by atoms with Gasteiger partial charge < -0.3 is 9.47 Å². The molecule has 0 N–H and O–H groups in total. The zero-order valence-corrected chi connectivity index (χ0v) is 10.2. The fourth-order valence-electron chi connectivity index (χ4n) is 1.89. The van der Waals surface area contributed by atoms with Crippen molar-refractivity contribution in [3.8, 4) is 5.75 Å². The van der Waals surface area contributed by atoms with Gasteiger partial charge in [0.05, 0.1) is 25.5 Å². The van der Waals surface area contributed by atoms with Crippen molar-refractivity contribution in [1.29, 1.82) is 0 Å².